The number of aliphatic hydroxyl groups excluding tert-OH is 1. The number of halogens is 1. The van der Waals surface area contributed by atoms with Crippen LogP contribution in [0.1, 0.15) is 48.7 Å². The van der Waals surface area contributed by atoms with Crippen LogP contribution in [0.3, 0.4) is 0 Å². The molecule has 0 unspecified atom stereocenters. The summed E-state index contributed by atoms with van der Waals surface area (Å²) in [5, 5.41) is 11.9. The zero-order chi connectivity index (χ0) is 27.8. The van der Waals surface area contributed by atoms with Gasteiger partial charge in [0.15, 0.2) is 0 Å². The zero-order valence-corrected chi connectivity index (χ0v) is 23.1. The van der Waals surface area contributed by atoms with E-state index >= 15 is 4.39 Å². The smallest absolute Gasteiger partial charge is 0.259 e. The number of aromatic nitrogens is 2. The van der Waals surface area contributed by atoms with Crippen molar-refractivity contribution in [3.8, 4) is 0 Å². The fourth-order valence-corrected chi connectivity index (χ4v) is 6.10. The molecule has 5 rings (SSSR count). The molecule has 2 aromatic rings. The van der Waals surface area contributed by atoms with Crippen molar-refractivity contribution in [2.24, 2.45) is 5.41 Å². The molecule has 1 aromatic carbocycles. The SMILES string of the molecule is Cc1cc(NC(=O)c2cc(F)c(NS(=O)(=O)CCO)cc2N2CCC3(CC2)CC3)nc(N2CCO[C@H](C)C2)n1. The molecule has 3 heterocycles. The van der Waals surface area contributed by atoms with Gasteiger partial charge in [-0.1, -0.05) is 0 Å². The molecule has 0 bridgehead atoms. The van der Waals surface area contributed by atoms with Crippen LogP contribution in [0.4, 0.5) is 27.5 Å². The predicted octanol–water partition coefficient (Wildman–Crippen LogP) is 2.52. The largest absolute Gasteiger partial charge is 0.395 e. The van der Waals surface area contributed by atoms with E-state index in [9.17, 15) is 13.2 Å². The number of morpholine rings is 1. The van der Waals surface area contributed by atoms with Gasteiger partial charge in [0.05, 0.1) is 42.0 Å². The minimum absolute atomic E-state index is 0.0269. The summed E-state index contributed by atoms with van der Waals surface area (Å²) in [4.78, 5) is 26.6. The van der Waals surface area contributed by atoms with Gasteiger partial charge in [0, 0.05) is 37.9 Å². The third-order valence-corrected chi connectivity index (χ3v) is 8.94. The van der Waals surface area contributed by atoms with Gasteiger partial charge >= 0.3 is 0 Å². The lowest BCUT2D eigenvalue weighted by Crippen LogP contribution is -2.42. The van der Waals surface area contributed by atoms with E-state index in [1.165, 1.54) is 18.9 Å². The van der Waals surface area contributed by atoms with Crippen LogP contribution in [0.2, 0.25) is 0 Å². The Morgan fingerprint density at radius 2 is 1.90 bits per heavy atom. The quantitative estimate of drug-likeness (QED) is 0.443. The number of aryl methyl sites for hydroxylation is 1. The number of hydrogen-bond donors (Lipinski definition) is 3. The summed E-state index contributed by atoms with van der Waals surface area (Å²) < 4.78 is 47.5. The molecule has 1 amide bonds. The summed E-state index contributed by atoms with van der Waals surface area (Å²) in [5.41, 5.74) is 1.31. The fourth-order valence-electron chi connectivity index (χ4n) is 5.26. The molecule has 11 nitrogen and oxygen atoms in total. The molecule has 3 N–H and O–H groups in total. The maximum atomic E-state index is 15.2. The lowest BCUT2D eigenvalue weighted by atomic mass is 9.93. The molecular formula is C26H35FN6O5S. The van der Waals surface area contributed by atoms with Crippen molar-refractivity contribution >= 4 is 39.1 Å². The Labute approximate surface area is 227 Å². The van der Waals surface area contributed by atoms with Gasteiger partial charge < -0.3 is 25.0 Å². The minimum atomic E-state index is -3.96. The first-order valence-electron chi connectivity index (χ1n) is 13.3. The number of anilines is 4. The van der Waals surface area contributed by atoms with Crippen molar-refractivity contribution in [3.63, 3.8) is 0 Å². The molecule has 3 fully saturated rings. The molecule has 0 radical (unpaired) electrons. The molecule has 2 aliphatic heterocycles. The Morgan fingerprint density at radius 3 is 2.56 bits per heavy atom. The third kappa shape index (κ3) is 6.42. The van der Waals surface area contributed by atoms with Crippen LogP contribution < -0.4 is 19.8 Å². The van der Waals surface area contributed by atoms with Crippen LogP contribution in [-0.2, 0) is 14.8 Å². The summed E-state index contributed by atoms with van der Waals surface area (Å²) in [5.74, 6) is -1.24. The van der Waals surface area contributed by atoms with Crippen LogP contribution in [0.15, 0.2) is 18.2 Å². The molecule has 1 aliphatic carbocycles. The van der Waals surface area contributed by atoms with E-state index in [4.69, 9.17) is 9.84 Å². The molecule has 1 saturated carbocycles. The molecular weight excluding hydrogens is 527 g/mol. The van der Waals surface area contributed by atoms with Gasteiger partial charge in [0.1, 0.15) is 11.6 Å². The summed E-state index contributed by atoms with van der Waals surface area (Å²) in [6.07, 6.45) is 4.34. The van der Waals surface area contributed by atoms with Crippen LogP contribution in [0, 0.1) is 18.2 Å². The number of piperidine rings is 1. The number of carbonyl (C=O) groups excluding carboxylic acids is 1. The first-order chi connectivity index (χ1) is 18.6. The van der Waals surface area contributed by atoms with E-state index in [0.717, 1.165) is 18.9 Å². The van der Waals surface area contributed by atoms with E-state index < -0.39 is 34.1 Å². The Hall–Kier alpha value is -3.03. The van der Waals surface area contributed by atoms with Crippen molar-refractivity contribution in [2.75, 3.05) is 65.0 Å². The van der Waals surface area contributed by atoms with E-state index in [1.54, 1.807) is 6.07 Å². The second-order valence-corrected chi connectivity index (χ2v) is 12.6. The summed E-state index contributed by atoms with van der Waals surface area (Å²) in [6, 6.07) is 4.08. The molecule has 1 aromatic heterocycles. The molecule has 39 heavy (non-hydrogen) atoms. The number of sulfonamides is 1. The van der Waals surface area contributed by atoms with Crippen LogP contribution in [0.5, 0.6) is 0 Å². The van der Waals surface area contributed by atoms with Crippen molar-refractivity contribution in [1.82, 2.24) is 9.97 Å². The number of benzene rings is 1. The maximum Gasteiger partial charge on any atom is 0.259 e. The van der Waals surface area contributed by atoms with E-state index in [1.807, 2.05) is 23.6 Å². The number of aliphatic hydroxyl groups is 1. The summed E-state index contributed by atoms with van der Waals surface area (Å²) in [7, 11) is -3.96. The van der Waals surface area contributed by atoms with Crippen molar-refractivity contribution < 1.29 is 27.4 Å². The predicted molar refractivity (Wildman–Crippen MR) is 146 cm³/mol. The topological polar surface area (TPSA) is 137 Å². The average Bonchev–Trinajstić information content (AvgIpc) is 3.63. The second kappa shape index (κ2) is 10.9. The van der Waals surface area contributed by atoms with Gasteiger partial charge in [-0.05, 0) is 57.1 Å². The van der Waals surface area contributed by atoms with Gasteiger partial charge in [-0.15, -0.1) is 0 Å². The standard InChI is InChI=1S/C26H35FN6O5S/c1-17-13-23(30-25(28-17)33-9-11-38-18(2)16-33)29-24(35)19-14-20(27)21(31-39(36,37)12-10-34)15-22(19)32-7-5-26(3-4-26)6-8-32/h13-15,18,31,34H,3-12,16H2,1-2H3,(H,28,29,30,35)/t18-/m1/s1. The average molecular weight is 563 g/mol. The summed E-state index contributed by atoms with van der Waals surface area (Å²) in [6.45, 7) is 6.35. The molecule has 13 heteroatoms. The Morgan fingerprint density at radius 1 is 1.15 bits per heavy atom. The Balaban J connectivity index is 1.44. The monoisotopic (exact) mass is 562 g/mol. The van der Waals surface area contributed by atoms with Crippen molar-refractivity contribution in [1.29, 1.82) is 0 Å². The zero-order valence-electron chi connectivity index (χ0n) is 22.2. The molecule has 3 aliphatic rings. The van der Waals surface area contributed by atoms with E-state index in [2.05, 4.69) is 20.0 Å². The van der Waals surface area contributed by atoms with Gasteiger partial charge in [-0.25, -0.2) is 17.8 Å². The number of rotatable bonds is 8. The molecule has 212 valence electrons. The highest BCUT2D eigenvalue weighted by Gasteiger charge is 2.44. The highest BCUT2D eigenvalue weighted by Crippen LogP contribution is 2.54. The number of ether oxygens (including phenoxy) is 1. The normalized spacial score (nSPS) is 20.7. The minimum Gasteiger partial charge on any atom is -0.395 e. The lowest BCUT2D eigenvalue weighted by Gasteiger charge is -2.35. The van der Waals surface area contributed by atoms with Gasteiger partial charge in [0.2, 0.25) is 16.0 Å². The Kier molecular flexibility index (Phi) is 7.66. The summed E-state index contributed by atoms with van der Waals surface area (Å²) >= 11 is 0. The number of nitrogens with one attached hydrogen (secondary N) is 2. The highest BCUT2D eigenvalue weighted by molar-refractivity contribution is 7.92. The second-order valence-electron chi connectivity index (χ2n) is 10.8. The van der Waals surface area contributed by atoms with Crippen molar-refractivity contribution in [2.45, 2.75) is 45.6 Å². The van der Waals surface area contributed by atoms with Crippen LogP contribution in [0.25, 0.3) is 0 Å². The lowest BCUT2D eigenvalue weighted by molar-refractivity contribution is 0.0526. The molecule has 1 atom stereocenters. The number of amides is 1. The van der Waals surface area contributed by atoms with Gasteiger partial charge in [-0.2, -0.15) is 4.98 Å². The van der Waals surface area contributed by atoms with Gasteiger partial charge in [0.25, 0.3) is 5.91 Å². The van der Waals surface area contributed by atoms with Crippen LogP contribution in [-0.4, -0.2) is 80.6 Å². The highest BCUT2D eigenvalue weighted by atomic mass is 32.2. The van der Waals surface area contributed by atoms with Crippen molar-refractivity contribution in [3.05, 3.63) is 35.3 Å². The molecule has 1 spiro atoms. The number of hydrogen-bond acceptors (Lipinski definition) is 9. The van der Waals surface area contributed by atoms with Crippen LogP contribution >= 0.6 is 0 Å². The molecule has 2 saturated heterocycles. The first-order valence-corrected chi connectivity index (χ1v) is 15.0. The number of carbonyl (C=O) groups is 1. The Bertz CT molecular complexity index is 1340. The first kappa shape index (κ1) is 27.5. The third-order valence-electron chi connectivity index (χ3n) is 7.69. The van der Waals surface area contributed by atoms with E-state index in [0.29, 0.717) is 55.5 Å². The maximum absolute atomic E-state index is 15.2. The fraction of sp³-hybridized carbons (Fsp3) is 0.577. The van der Waals surface area contributed by atoms with E-state index in [-0.39, 0.29) is 23.2 Å². The number of nitrogens with zero attached hydrogens (tertiary/aromatic N) is 4. The van der Waals surface area contributed by atoms with Gasteiger partial charge in [-0.3, -0.25) is 9.52 Å².